The van der Waals surface area contributed by atoms with Gasteiger partial charge in [0.1, 0.15) is 30.5 Å². The second-order valence-electron chi connectivity index (χ2n) is 8.97. The Morgan fingerprint density at radius 2 is 1.65 bits per heavy atom. The number of hydrogen-bond acceptors (Lipinski definition) is 5. The molecule has 1 saturated heterocycles. The molecule has 6 heteroatoms. The molecule has 0 saturated carbocycles. The molecule has 2 aromatic carbocycles. The van der Waals surface area contributed by atoms with E-state index < -0.39 is 37.1 Å². The van der Waals surface area contributed by atoms with Crippen LogP contribution in [0.25, 0.3) is 0 Å². The van der Waals surface area contributed by atoms with E-state index in [-0.39, 0.29) is 5.41 Å². The molecule has 1 aliphatic heterocycles. The average Bonchev–Trinajstić information content (AvgIpc) is 2.73. The number of hydrogen-bond donors (Lipinski definition) is 4. The van der Waals surface area contributed by atoms with E-state index in [1.54, 1.807) is 12.1 Å². The Bertz CT molecular complexity index is 953. The van der Waals surface area contributed by atoms with Crippen molar-refractivity contribution >= 4 is 11.6 Å². The Hall–Kier alpha value is -1.91. The Balaban J connectivity index is 1.81. The first kappa shape index (κ1) is 23.7. The molecule has 0 aromatic heterocycles. The van der Waals surface area contributed by atoms with E-state index in [9.17, 15) is 20.4 Å². The summed E-state index contributed by atoms with van der Waals surface area (Å²) in [4.78, 5) is 0. The van der Waals surface area contributed by atoms with Crippen molar-refractivity contribution in [2.45, 2.75) is 57.7 Å². The van der Waals surface area contributed by atoms with Crippen LogP contribution in [0.4, 0.5) is 0 Å². The van der Waals surface area contributed by atoms with Crippen LogP contribution < -0.4 is 0 Å². The zero-order valence-corrected chi connectivity index (χ0v) is 18.7. The van der Waals surface area contributed by atoms with Crippen LogP contribution in [0.3, 0.4) is 0 Å². The van der Waals surface area contributed by atoms with Crippen LogP contribution in [-0.2, 0) is 11.2 Å². The van der Waals surface area contributed by atoms with Crippen LogP contribution in [0.1, 0.15) is 49.1 Å². The number of aliphatic hydroxyl groups is 4. The number of ether oxygens (including phenoxy) is 1. The Labute approximate surface area is 188 Å². The van der Waals surface area contributed by atoms with Gasteiger partial charge in [0.2, 0.25) is 0 Å². The Kier molecular flexibility index (Phi) is 7.43. The monoisotopic (exact) mass is 444 g/mol. The van der Waals surface area contributed by atoms with E-state index in [0.717, 1.165) is 16.7 Å². The molecule has 5 nitrogen and oxygen atoms in total. The van der Waals surface area contributed by atoms with E-state index >= 15 is 0 Å². The normalized spacial score (nSPS) is 26.3. The van der Waals surface area contributed by atoms with Crippen LogP contribution in [0.5, 0.6) is 0 Å². The van der Waals surface area contributed by atoms with E-state index in [1.807, 2.05) is 30.3 Å². The zero-order valence-electron chi connectivity index (χ0n) is 17.9. The maximum absolute atomic E-state index is 10.4. The number of halogens is 1. The molecule has 0 bridgehead atoms. The van der Waals surface area contributed by atoms with Crippen molar-refractivity contribution in [1.29, 1.82) is 0 Å². The molecule has 2 aromatic rings. The van der Waals surface area contributed by atoms with Gasteiger partial charge >= 0.3 is 0 Å². The van der Waals surface area contributed by atoms with Crippen LogP contribution >= 0.6 is 11.6 Å². The van der Waals surface area contributed by atoms with Gasteiger partial charge in [0.15, 0.2) is 0 Å². The summed E-state index contributed by atoms with van der Waals surface area (Å²) in [7, 11) is 0. The lowest BCUT2D eigenvalue weighted by molar-refractivity contribution is -0.231. The molecule has 0 spiro atoms. The van der Waals surface area contributed by atoms with Crippen molar-refractivity contribution in [3.8, 4) is 11.8 Å². The summed E-state index contributed by atoms with van der Waals surface area (Å²) >= 11 is 6.41. The van der Waals surface area contributed by atoms with Gasteiger partial charge in [-0.05, 0) is 62.1 Å². The van der Waals surface area contributed by atoms with Crippen molar-refractivity contribution in [2.75, 3.05) is 6.61 Å². The Morgan fingerprint density at radius 1 is 0.968 bits per heavy atom. The van der Waals surface area contributed by atoms with Gasteiger partial charge < -0.3 is 25.2 Å². The van der Waals surface area contributed by atoms with Gasteiger partial charge in [-0.2, -0.15) is 0 Å². The summed E-state index contributed by atoms with van der Waals surface area (Å²) in [5.41, 5.74) is 3.39. The highest BCUT2D eigenvalue weighted by molar-refractivity contribution is 6.31. The summed E-state index contributed by atoms with van der Waals surface area (Å²) in [6, 6.07) is 13.2. The molecule has 31 heavy (non-hydrogen) atoms. The minimum absolute atomic E-state index is 0.0585. The first-order chi connectivity index (χ1) is 14.6. The number of rotatable bonds is 4. The quantitative estimate of drug-likeness (QED) is 0.544. The van der Waals surface area contributed by atoms with Gasteiger partial charge in [-0.3, -0.25) is 0 Å². The number of aliphatic hydroxyl groups excluding tert-OH is 4. The molecule has 5 atom stereocenters. The predicted molar refractivity (Wildman–Crippen MR) is 120 cm³/mol. The smallest absolute Gasteiger partial charge is 0.113 e. The summed E-state index contributed by atoms with van der Waals surface area (Å²) in [5, 5.41) is 40.5. The maximum Gasteiger partial charge on any atom is 0.113 e. The molecule has 0 amide bonds. The SMILES string of the molecule is CC(C)(C)C#Cc1ccc(Cc2cc([C@@H]3OC(CO)[C@@H](O)C(O)[C@H]3O)ccc2Cl)cc1. The van der Waals surface area contributed by atoms with Crippen molar-refractivity contribution in [2.24, 2.45) is 5.41 Å². The maximum atomic E-state index is 10.4. The first-order valence-electron chi connectivity index (χ1n) is 10.3. The van der Waals surface area contributed by atoms with Gasteiger partial charge in [-0.25, -0.2) is 0 Å². The molecule has 1 heterocycles. The molecule has 2 unspecified atom stereocenters. The predicted octanol–water partition coefficient (Wildman–Crippen LogP) is 2.84. The van der Waals surface area contributed by atoms with Gasteiger partial charge in [0.25, 0.3) is 0 Å². The topological polar surface area (TPSA) is 90.2 Å². The molecule has 166 valence electrons. The fourth-order valence-electron chi connectivity index (χ4n) is 3.47. The summed E-state index contributed by atoms with van der Waals surface area (Å²) in [5.74, 6) is 6.39. The van der Waals surface area contributed by atoms with Crippen LogP contribution in [0.15, 0.2) is 42.5 Å². The van der Waals surface area contributed by atoms with Gasteiger partial charge in [-0.1, -0.05) is 47.7 Å². The molecular formula is C25H29ClO5. The Morgan fingerprint density at radius 3 is 2.26 bits per heavy atom. The van der Waals surface area contributed by atoms with Crippen LogP contribution in [0, 0.1) is 17.3 Å². The lowest BCUT2D eigenvalue weighted by Crippen LogP contribution is -2.55. The largest absolute Gasteiger partial charge is 0.394 e. The van der Waals surface area contributed by atoms with E-state index in [4.69, 9.17) is 16.3 Å². The number of benzene rings is 2. The van der Waals surface area contributed by atoms with E-state index in [2.05, 4.69) is 32.6 Å². The summed E-state index contributed by atoms with van der Waals surface area (Å²) in [6.07, 6.45) is -5.41. The second-order valence-corrected chi connectivity index (χ2v) is 9.38. The zero-order chi connectivity index (χ0) is 22.8. The first-order valence-corrected chi connectivity index (χ1v) is 10.7. The fourth-order valence-corrected chi connectivity index (χ4v) is 3.65. The third-order valence-electron chi connectivity index (χ3n) is 5.22. The minimum Gasteiger partial charge on any atom is -0.394 e. The van der Waals surface area contributed by atoms with Crippen molar-refractivity contribution < 1.29 is 25.2 Å². The highest BCUT2D eigenvalue weighted by Gasteiger charge is 2.44. The molecule has 1 aliphatic rings. The molecule has 0 aliphatic carbocycles. The van der Waals surface area contributed by atoms with Crippen LogP contribution in [-0.4, -0.2) is 51.4 Å². The third-order valence-corrected chi connectivity index (χ3v) is 5.59. The summed E-state index contributed by atoms with van der Waals surface area (Å²) in [6.45, 7) is 5.74. The molecular weight excluding hydrogens is 416 g/mol. The van der Waals surface area contributed by atoms with Crippen molar-refractivity contribution in [3.05, 3.63) is 69.7 Å². The molecule has 3 rings (SSSR count). The lowest BCUT2D eigenvalue weighted by Gasteiger charge is -2.40. The minimum atomic E-state index is -1.42. The second kappa shape index (κ2) is 9.70. The lowest BCUT2D eigenvalue weighted by atomic mass is 9.90. The molecule has 1 fully saturated rings. The summed E-state index contributed by atoms with van der Waals surface area (Å²) < 4.78 is 5.66. The average molecular weight is 445 g/mol. The molecule has 4 N–H and O–H groups in total. The highest BCUT2D eigenvalue weighted by atomic mass is 35.5. The van der Waals surface area contributed by atoms with Gasteiger partial charge in [-0.15, -0.1) is 0 Å². The van der Waals surface area contributed by atoms with E-state index in [0.29, 0.717) is 17.0 Å². The van der Waals surface area contributed by atoms with Crippen LogP contribution in [0.2, 0.25) is 5.02 Å². The van der Waals surface area contributed by atoms with Crippen molar-refractivity contribution in [1.82, 2.24) is 0 Å². The fraction of sp³-hybridized carbons (Fsp3) is 0.440. The van der Waals surface area contributed by atoms with Gasteiger partial charge in [0.05, 0.1) is 6.61 Å². The standard InChI is InChI=1S/C25H29ClO5/c1-25(2,3)11-10-15-4-6-16(7-5-15)12-18-13-17(8-9-19(18)26)24-23(30)22(29)21(28)20(14-27)31-24/h4-9,13,20-24,27-30H,12,14H2,1-3H3/t20?,21-,22?,23-,24+/m1/s1. The highest BCUT2D eigenvalue weighted by Crippen LogP contribution is 2.34. The van der Waals surface area contributed by atoms with Gasteiger partial charge in [0, 0.05) is 16.0 Å². The third kappa shape index (κ3) is 5.87. The van der Waals surface area contributed by atoms with Crippen molar-refractivity contribution in [3.63, 3.8) is 0 Å². The van der Waals surface area contributed by atoms with E-state index in [1.165, 1.54) is 0 Å². The molecule has 0 radical (unpaired) electrons.